The molecular formula is C21H30F2O4. The van der Waals surface area contributed by atoms with E-state index in [2.05, 4.69) is 4.74 Å². The van der Waals surface area contributed by atoms with E-state index < -0.39 is 18.1 Å². The van der Waals surface area contributed by atoms with Gasteiger partial charge in [-0.25, -0.2) is 0 Å². The Balaban J connectivity index is 2.42. The van der Waals surface area contributed by atoms with Gasteiger partial charge in [0.05, 0.1) is 7.11 Å². The minimum absolute atomic E-state index is 0.0237. The highest BCUT2D eigenvalue weighted by atomic mass is 19.3. The van der Waals surface area contributed by atoms with E-state index in [-0.39, 0.29) is 36.4 Å². The van der Waals surface area contributed by atoms with Gasteiger partial charge in [0, 0.05) is 25.2 Å². The van der Waals surface area contributed by atoms with Gasteiger partial charge >= 0.3 is 11.9 Å². The highest BCUT2D eigenvalue weighted by Crippen LogP contribution is 2.32. The van der Waals surface area contributed by atoms with Gasteiger partial charge in [0.2, 0.25) is 5.78 Å². The van der Waals surface area contributed by atoms with E-state index >= 15 is 0 Å². The lowest BCUT2D eigenvalue weighted by molar-refractivity contribution is -0.144. The Bertz CT molecular complexity index is 567. The number of hydrogen-bond donors (Lipinski definition) is 0. The second kappa shape index (κ2) is 11.8. The van der Waals surface area contributed by atoms with Gasteiger partial charge in [-0.15, -0.1) is 0 Å². The quantitative estimate of drug-likeness (QED) is 0.259. The molecule has 0 aromatic carbocycles. The molecule has 1 aliphatic carbocycles. The predicted molar refractivity (Wildman–Crippen MR) is 99.5 cm³/mol. The summed E-state index contributed by atoms with van der Waals surface area (Å²) in [6.07, 6.45) is 9.85. The first-order valence-corrected chi connectivity index (χ1v) is 9.66. The molecule has 0 bridgehead atoms. The van der Waals surface area contributed by atoms with Crippen LogP contribution in [0.25, 0.3) is 0 Å². The van der Waals surface area contributed by atoms with Crippen LogP contribution in [0.15, 0.2) is 24.3 Å². The number of Topliss-reactive ketones (excluding diaryl/α,β-unsaturated/α-hetero) is 1. The number of ketones is 2. The Hall–Kier alpha value is -1.85. The monoisotopic (exact) mass is 384 g/mol. The van der Waals surface area contributed by atoms with Crippen molar-refractivity contribution in [2.24, 2.45) is 11.8 Å². The van der Waals surface area contributed by atoms with Crippen molar-refractivity contribution in [2.45, 2.75) is 70.6 Å². The Morgan fingerprint density at radius 2 is 1.96 bits per heavy atom. The molecule has 152 valence electrons. The number of methoxy groups -OCH3 is 1. The fraction of sp³-hybridized carbons (Fsp3) is 0.667. The smallest absolute Gasteiger partial charge is 0.305 e. The molecule has 1 unspecified atom stereocenters. The third-order valence-electron chi connectivity index (χ3n) is 4.88. The first kappa shape index (κ1) is 23.2. The molecule has 0 amide bonds. The molecule has 2 atom stereocenters. The van der Waals surface area contributed by atoms with Crippen molar-refractivity contribution in [3.63, 3.8) is 0 Å². The summed E-state index contributed by atoms with van der Waals surface area (Å²) >= 11 is 0. The van der Waals surface area contributed by atoms with Crippen LogP contribution in [0.2, 0.25) is 0 Å². The first-order chi connectivity index (χ1) is 12.8. The van der Waals surface area contributed by atoms with Crippen LogP contribution in [-0.4, -0.2) is 30.6 Å². The van der Waals surface area contributed by atoms with Crippen molar-refractivity contribution in [3.8, 4) is 0 Å². The molecule has 27 heavy (non-hydrogen) atoms. The second-order valence-electron chi connectivity index (χ2n) is 6.98. The van der Waals surface area contributed by atoms with Gasteiger partial charge in [-0.05, 0) is 44.1 Å². The van der Waals surface area contributed by atoms with Gasteiger partial charge in [0.1, 0.15) is 0 Å². The Labute approximate surface area is 160 Å². The molecule has 4 nitrogen and oxygen atoms in total. The van der Waals surface area contributed by atoms with Gasteiger partial charge < -0.3 is 4.74 Å². The Morgan fingerprint density at radius 1 is 1.22 bits per heavy atom. The van der Waals surface area contributed by atoms with E-state index in [0.717, 1.165) is 0 Å². The fourth-order valence-electron chi connectivity index (χ4n) is 3.12. The maximum atomic E-state index is 13.8. The summed E-state index contributed by atoms with van der Waals surface area (Å²) in [5.41, 5.74) is 0. The Kier molecular flexibility index (Phi) is 10.1. The van der Waals surface area contributed by atoms with Crippen molar-refractivity contribution in [3.05, 3.63) is 24.3 Å². The number of unbranched alkanes of at least 4 members (excludes halogenated alkanes) is 2. The van der Waals surface area contributed by atoms with Gasteiger partial charge in [-0.1, -0.05) is 31.6 Å². The van der Waals surface area contributed by atoms with E-state index in [9.17, 15) is 23.2 Å². The van der Waals surface area contributed by atoms with Crippen LogP contribution in [0.1, 0.15) is 64.7 Å². The number of allylic oxidation sites excluding steroid dienone is 4. The molecule has 0 fully saturated rings. The molecule has 1 aliphatic rings. The maximum Gasteiger partial charge on any atom is 0.305 e. The minimum Gasteiger partial charge on any atom is -0.469 e. The average molecular weight is 384 g/mol. The number of ether oxygens (including phenoxy) is 1. The summed E-state index contributed by atoms with van der Waals surface area (Å²) in [4.78, 5) is 34.8. The van der Waals surface area contributed by atoms with Crippen molar-refractivity contribution in [1.29, 1.82) is 0 Å². The molecule has 0 N–H and O–H groups in total. The molecule has 6 heteroatoms. The molecule has 0 aliphatic heterocycles. The zero-order valence-corrected chi connectivity index (χ0v) is 16.2. The highest BCUT2D eigenvalue weighted by Gasteiger charge is 2.38. The highest BCUT2D eigenvalue weighted by molar-refractivity contribution is 5.94. The summed E-state index contributed by atoms with van der Waals surface area (Å²) in [7, 11) is 1.35. The van der Waals surface area contributed by atoms with Crippen LogP contribution in [-0.2, 0) is 19.1 Å². The van der Waals surface area contributed by atoms with E-state index in [1.807, 2.05) is 19.1 Å². The number of esters is 1. The standard InChI is InChI=1S/C21H30F2O4/c1-3-4-15-21(22,23)19(25)14-12-16-11-13-18(24)17(16)9-7-5-6-8-10-20(26)27-2/h5,7,11,13,16-17H,3-4,6,8-10,12,14-15H2,1-2H3/t16-,17?/m1/s1. The van der Waals surface area contributed by atoms with E-state index in [1.54, 1.807) is 6.08 Å². The van der Waals surface area contributed by atoms with Crippen molar-refractivity contribution in [2.75, 3.05) is 7.11 Å². The zero-order chi connectivity index (χ0) is 20.3. The van der Waals surface area contributed by atoms with Gasteiger partial charge in [0.25, 0.3) is 0 Å². The van der Waals surface area contributed by atoms with Crippen LogP contribution in [0.3, 0.4) is 0 Å². The SMILES string of the molecule is CCCCC(F)(F)C(=O)CC[C@H]1C=CC(=O)C1CC=CCCCC(=O)OC. The van der Waals surface area contributed by atoms with Crippen LogP contribution in [0.4, 0.5) is 8.78 Å². The van der Waals surface area contributed by atoms with Gasteiger partial charge in [0.15, 0.2) is 5.78 Å². The molecule has 0 aromatic heterocycles. The van der Waals surface area contributed by atoms with Crippen LogP contribution < -0.4 is 0 Å². The minimum atomic E-state index is -3.27. The average Bonchev–Trinajstić information content (AvgIpc) is 3.00. The number of halogens is 2. The van der Waals surface area contributed by atoms with Crippen LogP contribution >= 0.6 is 0 Å². The van der Waals surface area contributed by atoms with Crippen LogP contribution in [0, 0.1) is 11.8 Å². The van der Waals surface area contributed by atoms with Gasteiger partial charge in [-0.3, -0.25) is 14.4 Å². The number of carbonyl (C=O) groups excluding carboxylic acids is 3. The Morgan fingerprint density at radius 3 is 2.63 bits per heavy atom. The normalized spacial score (nSPS) is 19.8. The summed E-state index contributed by atoms with van der Waals surface area (Å²) in [6.45, 7) is 1.81. The fourth-order valence-corrected chi connectivity index (χ4v) is 3.12. The van der Waals surface area contributed by atoms with E-state index in [4.69, 9.17) is 0 Å². The second-order valence-corrected chi connectivity index (χ2v) is 6.98. The lowest BCUT2D eigenvalue weighted by Gasteiger charge is -2.19. The number of alkyl halides is 2. The van der Waals surface area contributed by atoms with E-state index in [1.165, 1.54) is 13.2 Å². The zero-order valence-electron chi connectivity index (χ0n) is 16.2. The third kappa shape index (κ3) is 8.14. The molecule has 0 saturated carbocycles. The van der Waals surface area contributed by atoms with Crippen molar-refractivity contribution >= 4 is 17.5 Å². The number of rotatable bonds is 13. The maximum absolute atomic E-state index is 13.8. The van der Waals surface area contributed by atoms with Crippen LogP contribution in [0.5, 0.6) is 0 Å². The summed E-state index contributed by atoms with van der Waals surface area (Å²) < 4.78 is 32.1. The largest absolute Gasteiger partial charge is 0.469 e. The topological polar surface area (TPSA) is 60.4 Å². The predicted octanol–water partition coefficient (Wildman–Crippen LogP) is 4.82. The molecule has 0 heterocycles. The first-order valence-electron chi connectivity index (χ1n) is 9.66. The van der Waals surface area contributed by atoms with E-state index in [0.29, 0.717) is 38.5 Å². The van der Waals surface area contributed by atoms with Gasteiger partial charge in [-0.2, -0.15) is 8.78 Å². The molecule has 0 aromatic rings. The van der Waals surface area contributed by atoms with Crippen molar-refractivity contribution < 1.29 is 27.9 Å². The molecule has 0 saturated heterocycles. The lowest BCUT2D eigenvalue weighted by atomic mass is 9.86. The third-order valence-corrected chi connectivity index (χ3v) is 4.88. The molecule has 1 rings (SSSR count). The number of hydrogen-bond acceptors (Lipinski definition) is 4. The summed E-state index contributed by atoms with van der Waals surface area (Å²) in [5, 5.41) is 0. The lowest BCUT2D eigenvalue weighted by Crippen LogP contribution is -2.29. The molecule has 0 radical (unpaired) electrons. The molecule has 0 spiro atoms. The number of carbonyl (C=O) groups is 3. The molecular weight excluding hydrogens is 354 g/mol. The summed E-state index contributed by atoms with van der Waals surface area (Å²) in [5.74, 6) is -5.04. The van der Waals surface area contributed by atoms with Crippen molar-refractivity contribution in [1.82, 2.24) is 0 Å². The summed E-state index contributed by atoms with van der Waals surface area (Å²) in [6, 6.07) is 0.